The molecule has 6 nitrogen and oxygen atoms in total. The predicted octanol–water partition coefficient (Wildman–Crippen LogP) is 4.80. The maximum Gasteiger partial charge on any atom is 0.334 e. The van der Waals surface area contributed by atoms with Gasteiger partial charge in [0.2, 0.25) is 5.78 Å². The van der Waals surface area contributed by atoms with E-state index in [1.165, 1.54) is 6.26 Å². The number of esters is 2. The summed E-state index contributed by atoms with van der Waals surface area (Å²) < 4.78 is 17.2. The van der Waals surface area contributed by atoms with Crippen LogP contribution in [0.4, 0.5) is 0 Å². The number of hydrogen-bond donors (Lipinski definition) is 0. The number of carbonyl (C=O) groups is 3. The highest BCUT2D eigenvalue weighted by Crippen LogP contribution is 2.58. The molecule has 0 saturated heterocycles. The average molecular weight is 412 g/mol. The van der Waals surface area contributed by atoms with Crippen LogP contribution in [-0.2, 0) is 19.1 Å². The van der Waals surface area contributed by atoms with Gasteiger partial charge in [-0.2, -0.15) is 0 Å². The third-order valence-electron chi connectivity index (χ3n) is 6.51. The maximum atomic E-state index is 13.2. The van der Waals surface area contributed by atoms with Crippen molar-refractivity contribution >= 4 is 17.7 Å². The molecular formula is C24H28O6. The number of fused-ring (bicyclic) bond motifs is 2. The van der Waals surface area contributed by atoms with Crippen molar-refractivity contribution in [3.8, 4) is 0 Å². The molecule has 3 rings (SSSR count). The van der Waals surface area contributed by atoms with Gasteiger partial charge in [-0.1, -0.05) is 32.6 Å². The lowest BCUT2D eigenvalue weighted by molar-refractivity contribution is -0.162. The molecule has 0 N–H and O–H groups in total. The third-order valence-corrected chi connectivity index (χ3v) is 6.51. The largest absolute Gasteiger partial charge is 0.460 e. The minimum Gasteiger partial charge on any atom is -0.460 e. The van der Waals surface area contributed by atoms with Crippen molar-refractivity contribution < 1.29 is 28.3 Å². The van der Waals surface area contributed by atoms with Crippen LogP contribution in [0, 0.1) is 18.3 Å². The Morgan fingerprint density at radius 1 is 1.27 bits per heavy atom. The van der Waals surface area contributed by atoms with Gasteiger partial charge >= 0.3 is 11.9 Å². The molecular weight excluding hydrogens is 384 g/mol. The van der Waals surface area contributed by atoms with E-state index in [-0.39, 0.29) is 17.5 Å². The molecule has 0 amide bonds. The number of carbonyl (C=O) groups excluding carboxylic acids is 3. The lowest BCUT2D eigenvalue weighted by atomic mass is 9.57. The zero-order valence-electron chi connectivity index (χ0n) is 18.3. The summed E-state index contributed by atoms with van der Waals surface area (Å²) in [5.74, 6) is -1.25. The van der Waals surface area contributed by atoms with E-state index in [2.05, 4.69) is 6.58 Å². The fourth-order valence-electron chi connectivity index (χ4n) is 4.27. The maximum absolute atomic E-state index is 13.2. The molecule has 160 valence electrons. The van der Waals surface area contributed by atoms with E-state index in [1.807, 2.05) is 20.8 Å². The molecule has 0 bridgehead atoms. The Bertz CT molecular complexity index is 991. The zero-order chi connectivity index (χ0) is 22.4. The molecule has 1 aromatic rings. The predicted molar refractivity (Wildman–Crippen MR) is 111 cm³/mol. The molecule has 0 fully saturated rings. The lowest BCUT2D eigenvalue weighted by Crippen LogP contribution is -2.50. The first-order valence-corrected chi connectivity index (χ1v) is 10.1. The van der Waals surface area contributed by atoms with Gasteiger partial charge in [0.1, 0.15) is 12.2 Å². The Hall–Kier alpha value is -2.89. The second-order valence-corrected chi connectivity index (χ2v) is 8.40. The Kier molecular flexibility index (Phi) is 5.63. The summed E-state index contributed by atoms with van der Waals surface area (Å²) in [6.07, 6.45) is 4.13. The van der Waals surface area contributed by atoms with E-state index in [4.69, 9.17) is 13.9 Å². The van der Waals surface area contributed by atoms with Gasteiger partial charge in [0.05, 0.1) is 6.26 Å². The van der Waals surface area contributed by atoms with Crippen LogP contribution in [0.25, 0.3) is 0 Å². The summed E-state index contributed by atoms with van der Waals surface area (Å²) in [7, 11) is 0. The highest BCUT2D eigenvalue weighted by molar-refractivity contribution is 6.10. The number of rotatable bonds is 4. The number of ketones is 1. The van der Waals surface area contributed by atoms with E-state index in [0.29, 0.717) is 28.7 Å². The van der Waals surface area contributed by atoms with Gasteiger partial charge in [-0.25, -0.2) is 9.59 Å². The average Bonchev–Trinajstić information content (AvgIpc) is 3.09. The number of ether oxygens (including phenoxy) is 2. The summed E-state index contributed by atoms with van der Waals surface area (Å²) in [6, 6.07) is 0. The molecule has 1 aromatic heterocycles. The molecule has 6 heteroatoms. The van der Waals surface area contributed by atoms with Crippen LogP contribution in [0.15, 0.2) is 46.1 Å². The highest BCUT2D eigenvalue weighted by Gasteiger charge is 2.58. The number of allylic oxidation sites excluding steroid dienone is 1. The monoisotopic (exact) mass is 412 g/mol. The van der Waals surface area contributed by atoms with E-state index < -0.39 is 29.6 Å². The van der Waals surface area contributed by atoms with Crippen molar-refractivity contribution in [2.24, 2.45) is 11.3 Å². The lowest BCUT2D eigenvalue weighted by Gasteiger charge is -2.49. The minimum absolute atomic E-state index is 0.205. The Morgan fingerprint density at radius 2 is 1.93 bits per heavy atom. The quantitative estimate of drug-likeness (QED) is 0.522. The van der Waals surface area contributed by atoms with Crippen LogP contribution in [0.1, 0.15) is 68.8 Å². The van der Waals surface area contributed by atoms with Crippen molar-refractivity contribution in [2.45, 2.75) is 60.2 Å². The Balaban J connectivity index is 2.12. The third kappa shape index (κ3) is 3.24. The summed E-state index contributed by atoms with van der Waals surface area (Å²) >= 11 is 0. The second-order valence-electron chi connectivity index (χ2n) is 8.40. The standard InChI is InChI=1S/C24H28O6/c1-8-13(4)23(27)30-21-18-14(5)11-28-20(18)19(25)16-9-10-17(15(6)24(16,21)7)29-22(26)12(2)3/h8-9,11,15,17,21H,2,10H2,1,3-7H3. The van der Waals surface area contributed by atoms with Crippen LogP contribution < -0.4 is 0 Å². The van der Waals surface area contributed by atoms with Gasteiger partial charge in [-0.15, -0.1) is 0 Å². The Morgan fingerprint density at radius 3 is 2.53 bits per heavy atom. The molecule has 0 aliphatic heterocycles. The van der Waals surface area contributed by atoms with Crippen LogP contribution >= 0.6 is 0 Å². The first-order valence-electron chi connectivity index (χ1n) is 10.1. The molecule has 1 heterocycles. The fourth-order valence-corrected chi connectivity index (χ4v) is 4.27. The van der Waals surface area contributed by atoms with E-state index >= 15 is 0 Å². The van der Waals surface area contributed by atoms with Crippen LogP contribution in [0.3, 0.4) is 0 Å². The SMILES string of the molecule is C=C(C)C(=O)OC1CC=C2C(=O)c3occ(C)c3C(OC(=O)C(C)=CC)C2(C)C1C. The van der Waals surface area contributed by atoms with E-state index in [9.17, 15) is 14.4 Å². The summed E-state index contributed by atoms with van der Waals surface area (Å²) in [5, 5.41) is 0. The Labute approximate surface area is 176 Å². The fraction of sp³-hybridized carbons (Fsp3) is 0.458. The van der Waals surface area contributed by atoms with Gasteiger partial charge in [0.25, 0.3) is 0 Å². The molecule has 4 unspecified atom stereocenters. The normalized spacial score (nSPS) is 28.2. The topological polar surface area (TPSA) is 82.8 Å². The number of Topliss-reactive ketones (excluding diaryl/α,β-unsaturated/α-hetero) is 1. The number of furan rings is 1. The molecule has 2 aliphatic carbocycles. The van der Waals surface area contributed by atoms with E-state index in [1.54, 1.807) is 32.9 Å². The summed E-state index contributed by atoms with van der Waals surface area (Å²) in [5.41, 5.74) is 1.73. The number of aryl methyl sites for hydroxylation is 1. The second kappa shape index (κ2) is 7.74. The highest BCUT2D eigenvalue weighted by atomic mass is 16.6. The molecule has 0 spiro atoms. The van der Waals surface area contributed by atoms with Crippen LogP contribution in [-0.4, -0.2) is 23.8 Å². The van der Waals surface area contributed by atoms with Crippen molar-refractivity contribution in [3.05, 3.63) is 58.6 Å². The van der Waals surface area contributed by atoms with Crippen molar-refractivity contribution in [3.63, 3.8) is 0 Å². The van der Waals surface area contributed by atoms with Gasteiger partial charge in [0, 0.05) is 40.0 Å². The summed E-state index contributed by atoms with van der Waals surface area (Å²) in [6.45, 7) is 14.3. The first-order chi connectivity index (χ1) is 14.0. The molecule has 0 radical (unpaired) electrons. The van der Waals surface area contributed by atoms with E-state index in [0.717, 1.165) is 5.56 Å². The van der Waals surface area contributed by atoms with Crippen molar-refractivity contribution in [1.82, 2.24) is 0 Å². The minimum atomic E-state index is -0.888. The molecule has 30 heavy (non-hydrogen) atoms. The summed E-state index contributed by atoms with van der Waals surface area (Å²) in [4.78, 5) is 38.1. The zero-order valence-corrected chi connectivity index (χ0v) is 18.3. The number of hydrogen-bond acceptors (Lipinski definition) is 6. The van der Waals surface area contributed by atoms with Gasteiger partial charge in [-0.3, -0.25) is 4.79 Å². The van der Waals surface area contributed by atoms with Crippen LogP contribution in [0.5, 0.6) is 0 Å². The van der Waals surface area contributed by atoms with Gasteiger partial charge in [0.15, 0.2) is 5.76 Å². The molecule has 0 aromatic carbocycles. The van der Waals surface area contributed by atoms with Gasteiger partial charge < -0.3 is 13.9 Å². The van der Waals surface area contributed by atoms with Crippen molar-refractivity contribution in [1.29, 1.82) is 0 Å². The molecule has 2 aliphatic rings. The smallest absolute Gasteiger partial charge is 0.334 e. The van der Waals surface area contributed by atoms with Crippen LogP contribution in [0.2, 0.25) is 0 Å². The molecule has 0 saturated carbocycles. The first kappa shape index (κ1) is 21.8. The van der Waals surface area contributed by atoms with Gasteiger partial charge in [-0.05, 0) is 33.3 Å². The van der Waals surface area contributed by atoms with Crippen molar-refractivity contribution in [2.75, 3.05) is 0 Å². The molecule has 4 atom stereocenters.